The van der Waals surface area contributed by atoms with Crippen LogP contribution in [0.4, 0.5) is 0 Å². The third-order valence-electron chi connectivity index (χ3n) is 3.18. The Kier molecular flexibility index (Phi) is 2.85. The van der Waals surface area contributed by atoms with Crippen LogP contribution in [0.15, 0.2) is 30.3 Å². The molecule has 1 aliphatic heterocycles. The van der Waals surface area contributed by atoms with Crippen LogP contribution in [-0.4, -0.2) is 29.2 Å². The van der Waals surface area contributed by atoms with E-state index < -0.39 is 0 Å². The molecule has 1 N–H and O–H groups in total. The first-order valence-electron chi connectivity index (χ1n) is 5.24. The Hall–Kier alpha value is -0.860. The Labute approximate surface area is 85.2 Å². The minimum atomic E-state index is 0.289. The van der Waals surface area contributed by atoms with Gasteiger partial charge < -0.3 is 5.11 Å². The molecule has 0 amide bonds. The van der Waals surface area contributed by atoms with Gasteiger partial charge in [0.1, 0.15) is 0 Å². The normalized spacial score (nSPS) is 24.3. The maximum atomic E-state index is 9.11. The van der Waals surface area contributed by atoms with Gasteiger partial charge >= 0.3 is 0 Å². The van der Waals surface area contributed by atoms with Crippen LogP contribution in [0.25, 0.3) is 0 Å². The van der Waals surface area contributed by atoms with Gasteiger partial charge in [0.15, 0.2) is 0 Å². The molecular formula is C12H17NO. The third-order valence-corrected chi connectivity index (χ3v) is 3.18. The minimum Gasteiger partial charge on any atom is -0.395 e. The molecule has 14 heavy (non-hydrogen) atoms. The van der Waals surface area contributed by atoms with Crippen molar-refractivity contribution in [1.82, 2.24) is 4.90 Å². The molecule has 2 unspecified atom stereocenters. The second kappa shape index (κ2) is 4.11. The molecule has 1 aliphatic rings. The SMILES string of the molecule is CC(c1ccccc1)N1CCC1CO. The first-order valence-corrected chi connectivity index (χ1v) is 5.24. The van der Waals surface area contributed by atoms with Crippen LogP contribution < -0.4 is 0 Å². The zero-order valence-electron chi connectivity index (χ0n) is 8.56. The van der Waals surface area contributed by atoms with E-state index in [1.807, 2.05) is 6.07 Å². The maximum absolute atomic E-state index is 9.11. The average molecular weight is 191 g/mol. The van der Waals surface area contributed by atoms with Gasteiger partial charge in [-0.25, -0.2) is 0 Å². The van der Waals surface area contributed by atoms with Crippen molar-refractivity contribution >= 4 is 0 Å². The van der Waals surface area contributed by atoms with Crippen LogP contribution in [-0.2, 0) is 0 Å². The van der Waals surface area contributed by atoms with E-state index >= 15 is 0 Å². The zero-order valence-corrected chi connectivity index (χ0v) is 8.56. The Morgan fingerprint density at radius 3 is 2.64 bits per heavy atom. The lowest BCUT2D eigenvalue weighted by Gasteiger charge is -2.44. The highest BCUT2D eigenvalue weighted by Crippen LogP contribution is 2.29. The fourth-order valence-corrected chi connectivity index (χ4v) is 2.09. The van der Waals surface area contributed by atoms with Gasteiger partial charge in [-0.3, -0.25) is 4.90 Å². The number of aliphatic hydroxyl groups is 1. The molecule has 2 heteroatoms. The van der Waals surface area contributed by atoms with Crippen LogP contribution in [0.2, 0.25) is 0 Å². The van der Waals surface area contributed by atoms with Gasteiger partial charge in [-0.1, -0.05) is 30.3 Å². The predicted octanol–water partition coefficient (Wildman–Crippen LogP) is 1.81. The summed E-state index contributed by atoms with van der Waals surface area (Å²) in [7, 11) is 0. The topological polar surface area (TPSA) is 23.5 Å². The molecule has 2 nitrogen and oxygen atoms in total. The summed E-state index contributed by atoms with van der Waals surface area (Å²) in [6.07, 6.45) is 1.13. The van der Waals surface area contributed by atoms with Crippen LogP contribution >= 0.6 is 0 Å². The van der Waals surface area contributed by atoms with Gasteiger partial charge in [0.25, 0.3) is 0 Å². The van der Waals surface area contributed by atoms with Crippen molar-refractivity contribution in [2.24, 2.45) is 0 Å². The summed E-state index contributed by atoms with van der Waals surface area (Å²) >= 11 is 0. The fraction of sp³-hybridized carbons (Fsp3) is 0.500. The molecule has 0 aliphatic carbocycles. The number of benzene rings is 1. The molecule has 0 bridgehead atoms. The number of hydrogen-bond donors (Lipinski definition) is 1. The summed E-state index contributed by atoms with van der Waals surface area (Å²) in [5.41, 5.74) is 1.34. The molecule has 1 heterocycles. The zero-order chi connectivity index (χ0) is 9.97. The van der Waals surface area contributed by atoms with Gasteiger partial charge in [0, 0.05) is 18.6 Å². The molecule has 2 rings (SSSR count). The molecule has 0 radical (unpaired) electrons. The summed E-state index contributed by atoms with van der Waals surface area (Å²) in [6.45, 7) is 3.61. The largest absolute Gasteiger partial charge is 0.395 e. The first kappa shape index (κ1) is 9.69. The summed E-state index contributed by atoms with van der Waals surface area (Å²) in [4.78, 5) is 2.36. The molecule has 76 valence electrons. The number of hydrogen-bond acceptors (Lipinski definition) is 2. The Morgan fingerprint density at radius 2 is 2.14 bits per heavy atom. The molecule has 2 atom stereocenters. The van der Waals surface area contributed by atoms with Crippen molar-refractivity contribution in [1.29, 1.82) is 0 Å². The summed E-state index contributed by atoms with van der Waals surface area (Å²) in [6, 6.07) is 11.3. The second-order valence-electron chi connectivity index (χ2n) is 3.95. The van der Waals surface area contributed by atoms with E-state index in [2.05, 4.69) is 36.1 Å². The van der Waals surface area contributed by atoms with Gasteiger partial charge in [-0.2, -0.15) is 0 Å². The van der Waals surface area contributed by atoms with Gasteiger partial charge in [0.05, 0.1) is 6.61 Å². The van der Waals surface area contributed by atoms with Crippen LogP contribution in [0.3, 0.4) is 0 Å². The van der Waals surface area contributed by atoms with Crippen LogP contribution in [0.1, 0.15) is 24.9 Å². The van der Waals surface area contributed by atoms with Crippen molar-refractivity contribution in [2.45, 2.75) is 25.4 Å². The monoisotopic (exact) mass is 191 g/mol. The predicted molar refractivity (Wildman–Crippen MR) is 57.1 cm³/mol. The Morgan fingerprint density at radius 1 is 1.43 bits per heavy atom. The maximum Gasteiger partial charge on any atom is 0.0587 e. The van der Waals surface area contributed by atoms with E-state index in [0.29, 0.717) is 12.1 Å². The summed E-state index contributed by atoms with van der Waals surface area (Å²) in [5, 5.41) is 9.11. The molecule has 0 spiro atoms. The number of nitrogens with zero attached hydrogens (tertiary/aromatic N) is 1. The van der Waals surface area contributed by atoms with E-state index in [4.69, 9.17) is 5.11 Å². The molecule has 1 aromatic rings. The van der Waals surface area contributed by atoms with Crippen molar-refractivity contribution in [3.05, 3.63) is 35.9 Å². The number of aliphatic hydroxyl groups excluding tert-OH is 1. The molecule has 0 saturated carbocycles. The Balaban J connectivity index is 2.05. The second-order valence-corrected chi connectivity index (χ2v) is 3.95. The average Bonchev–Trinajstić information content (AvgIpc) is 2.18. The van der Waals surface area contributed by atoms with Crippen molar-refractivity contribution < 1.29 is 5.11 Å². The lowest BCUT2D eigenvalue weighted by atomic mass is 9.97. The highest BCUT2D eigenvalue weighted by atomic mass is 16.3. The quantitative estimate of drug-likeness (QED) is 0.787. The standard InChI is InChI=1S/C12H17NO/c1-10(11-5-3-2-4-6-11)13-8-7-12(13)9-14/h2-6,10,12,14H,7-9H2,1H3. The summed E-state index contributed by atoms with van der Waals surface area (Å²) in [5.74, 6) is 0. The number of rotatable bonds is 3. The van der Waals surface area contributed by atoms with E-state index in [1.54, 1.807) is 0 Å². The molecule has 0 aromatic heterocycles. The smallest absolute Gasteiger partial charge is 0.0587 e. The lowest BCUT2D eigenvalue weighted by Crippen LogP contribution is -2.50. The van der Waals surface area contributed by atoms with Gasteiger partial charge in [-0.15, -0.1) is 0 Å². The third kappa shape index (κ3) is 1.68. The van der Waals surface area contributed by atoms with Gasteiger partial charge in [0.2, 0.25) is 0 Å². The van der Waals surface area contributed by atoms with E-state index in [-0.39, 0.29) is 6.61 Å². The van der Waals surface area contributed by atoms with Crippen molar-refractivity contribution in [3.8, 4) is 0 Å². The number of likely N-dealkylation sites (tertiary alicyclic amines) is 1. The minimum absolute atomic E-state index is 0.289. The Bertz CT molecular complexity index is 284. The highest BCUT2D eigenvalue weighted by molar-refractivity contribution is 5.19. The first-order chi connectivity index (χ1) is 6.83. The molecule has 1 aromatic carbocycles. The molecule has 1 saturated heterocycles. The summed E-state index contributed by atoms with van der Waals surface area (Å²) < 4.78 is 0. The molecular weight excluding hydrogens is 174 g/mol. The fourth-order valence-electron chi connectivity index (χ4n) is 2.09. The van der Waals surface area contributed by atoms with Crippen LogP contribution in [0, 0.1) is 0 Å². The van der Waals surface area contributed by atoms with Crippen molar-refractivity contribution in [3.63, 3.8) is 0 Å². The molecule has 1 fully saturated rings. The van der Waals surface area contributed by atoms with Crippen molar-refractivity contribution in [2.75, 3.05) is 13.2 Å². The van der Waals surface area contributed by atoms with E-state index in [0.717, 1.165) is 13.0 Å². The van der Waals surface area contributed by atoms with E-state index in [1.165, 1.54) is 5.56 Å². The van der Waals surface area contributed by atoms with Crippen LogP contribution in [0.5, 0.6) is 0 Å². The van der Waals surface area contributed by atoms with E-state index in [9.17, 15) is 0 Å². The lowest BCUT2D eigenvalue weighted by molar-refractivity contribution is 0.0104. The highest BCUT2D eigenvalue weighted by Gasteiger charge is 2.31. The van der Waals surface area contributed by atoms with Gasteiger partial charge in [-0.05, 0) is 18.9 Å².